The van der Waals surface area contributed by atoms with Crippen LogP contribution in [0.25, 0.3) is 0 Å². The van der Waals surface area contributed by atoms with E-state index in [4.69, 9.17) is 4.74 Å². The summed E-state index contributed by atoms with van der Waals surface area (Å²) in [5.74, 6) is 0.196. The second-order valence-corrected chi connectivity index (χ2v) is 4.55. The normalized spacial score (nSPS) is 12.5. The van der Waals surface area contributed by atoms with Gasteiger partial charge in [0.05, 0.1) is 6.61 Å². The lowest BCUT2D eigenvalue weighted by atomic mass is 10.0. The maximum Gasteiger partial charge on any atom is 0.119 e. The fraction of sp³-hybridized carbons (Fsp3) is 0.462. The lowest BCUT2D eigenvalue weighted by molar-refractivity contribution is -0.430. The standard InChI is InChI=1S/C13H19NO3/c1-9(2)8-17-11-5-3-10(4-6-11)12(14)7-13(15)16/h3-6,9,12H,7-8,14H2,1-2H3,(H,15,16)/t12-/m0/s1. The number of rotatable bonds is 6. The van der Waals surface area contributed by atoms with Gasteiger partial charge in [0.25, 0.3) is 0 Å². The molecule has 0 heterocycles. The fourth-order valence-electron chi connectivity index (χ4n) is 1.42. The van der Waals surface area contributed by atoms with Gasteiger partial charge in [-0.3, -0.25) is 0 Å². The highest BCUT2D eigenvalue weighted by molar-refractivity contribution is 5.65. The molecular formula is C13H19NO3. The second kappa shape index (κ2) is 6.25. The van der Waals surface area contributed by atoms with Crippen LogP contribution in [0, 0.1) is 5.92 Å². The maximum atomic E-state index is 10.5. The number of carboxylic acids is 1. The van der Waals surface area contributed by atoms with Crippen LogP contribution in [0.2, 0.25) is 0 Å². The molecule has 4 nitrogen and oxygen atoms in total. The number of carboxylic acid groups (broad SMARTS) is 1. The predicted molar refractivity (Wildman–Crippen MR) is 62.0 cm³/mol. The topological polar surface area (TPSA) is 77.0 Å². The summed E-state index contributed by atoms with van der Waals surface area (Å²) < 4.78 is 5.53. The zero-order valence-corrected chi connectivity index (χ0v) is 10.3. The molecule has 0 bridgehead atoms. The minimum atomic E-state index is -1.08. The Labute approximate surface area is 101 Å². The highest BCUT2D eigenvalue weighted by Gasteiger charge is 2.09. The van der Waals surface area contributed by atoms with Gasteiger partial charge in [-0.1, -0.05) is 13.8 Å². The number of benzene rings is 1. The number of quaternary nitrogens is 1. The Kier molecular flexibility index (Phi) is 4.97. The molecule has 0 aliphatic heterocycles. The first-order valence-corrected chi connectivity index (χ1v) is 5.74. The zero-order valence-electron chi connectivity index (χ0n) is 10.3. The van der Waals surface area contributed by atoms with E-state index in [-0.39, 0.29) is 12.5 Å². The molecule has 0 aliphatic rings. The van der Waals surface area contributed by atoms with Crippen molar-refractivity contribution in [2.45, 2.75) is 26.3 Å². The van der Waals surface area contributed by atoms with E-state index in [1.54, 1.807) is 0 Å². The average molecular weight is 237 g/mol. The van der Waals surface area contributed by atoms with E-state index in [0.717, 1.165) is 11.3 Å². The van der Waals surface area contributed by atoms with E-state index < -0.39 is 5.97 Å². The predicted octanol–water partition coefficient (Wildman–Crippen LogP) is 0.144. The number of aliphatic carboxylic acids is 1. The van der Waals surface area contributed by atoms with E-state index >= 15 is 0 Å². The molecule has 0 spiro atoms. The van der Waals surface area contributed by atoms with Gasteiger partial charge in [-0.25, -0.2) is 0 Å². The summed E-state index contributed by atoms with van der Waals surface area (Å²) in [5, 5.41) is 10.5. The lowest BCUT2D eigenvalue weighted by Gasteiger charge is -2.11. The van der Waals surface area contributed by atoms with Gasteiger partial charge in [-0.05, 0) is 30.2 Å². The highest BCUT2D eigenvalue weighted by Crippen LogP contribution is 2.17. The van der Waals surface area contributed by atoms with E-state index in [1.807, 2.05) is 24.3 Å². The molecule has 0 amide bonds. The number of carbonyl (C=O) groups is 1. The number of carbonyl (C=O) groups excluding carboxylic acids is 1. The van der Waals surface area contributed by atoms with Crippen molar-refractivity contribution in [3.63, 3.8) is 0 Å². The third kappa shape index (κ3) is 4.87. The smallest absolute Gasteiger partial charge is 0.119 e. The number of hydrogen-bond acceptors (Lipinski definition) is 3. The van der Waals surface area contributed by atoms with Crippen LogP contribution in [0.4, 0.5) is 0 Å². The van der Waals surface area contributed by atoms with E-state index in [9.17, 15) is 9.90 Å². The Morgan fingerprint density at radius 3 is 2.41 bits per heavy atom. The summed E-state index contributed by atoms with van der Waals surface area (Å²) in [6.07, 6.45) is -0.0633. The molecule has 0 aliphatic carbocycles. The van der Waals surface area contributed by atoms with Gasteiger partial charge in [0, 0.05) is 18.0 Å². The summed E-state index contributed by atoms with van der Waals surface area (Å²) in [7, 11) is 0. The molecule has 4 heteroatoms. The van der Waals surface area contributed by atoms with Crippen molar-refractivity contribution in [1.82, 2.24) is 0 Å². The van der Waals surface area contributed by atoms with Crippen molar-refractivity contribution >= 4 is 5.97 Å². The van der Waals surface area contributed by atoms with Gasteiger partial charge in [0.2, 0.25) is 0 Å². The van der Waals surface area contributed by atoms with Crippen molar-refractivity contribution in [3.05, 3.63) is 29.8 Å². The molecule has 0 fully saturated rings. The molecule has 0 aromatic heterocycles. The van der Waals surface area contributed by atoms with E-state index in [2.05, 4.69) is 19.6 Å². The summed E-state index contributed by atoms with van der Waals surface area (Å²) >= 11 is 0. The molecule has 1 rings (SSSR count). The fourth-order valence-corrected chi connectivity index (χ4v) is 1.42. The Balaban J connectivity index is 2.58. The third-order valence-corrected chi connectivity index (χ3v) is 2.35. The summed E-state index contributed by atoms with van der Waals surface area (Å²) in [4.78, 5) is 10.5. The van der Waals surface area contributed by atoms with Gasteiger partial charge < -0.3 is 20.4 Å². The first kappa shape index (κ1) is 13.5. The van der Waals surface area contributed by atoms with E-state index in [0.29, 0.717) is 12.5 Å². The molecule has 0 radical (unpaired) electrons. The van der Waals surface area contributed by atoms with Crippen LogP contribution in [0.1, 0.15) is 31.9 Å². The molecule has 1 aromatic rings. The monoisotopic (exact) mass is 237 g/mol. The maximum absolute atomic E-state index is 10.5. The van der Waals surface area contributed by atoms with Crippen LogP contribution >= 0.6 is 0 Å². The van der Waals surface area contributed by atoms with Crippen LogP contribution in [-0.4, -0.2) is 12.6 Å². The molecular weight excluding hydrogens is 218 g/mol. The lowest BCUT2D eigenvalue weighted by Crippen LogP contribution is -2.55. The summed E-state index contributed by atoms with van der Waals surface area (Å²) in [5.41, 5.74) is 4.67. The third-order valence-electron chi connectivity index (χ3n) is 2.35. The Morgan fingerprint density at radius 1 is 1.35 bits per heavy atom. The Hall–Kier alpha value is -1.55. The average Bonchev–Trinajstić information content (AvgIpc) is 2.26. The van der Waals surface area contributed by atoms with Gasteiger partial charge in [0.15, 0.2) is 0 Å². The Bertz CT molecular complexity index is 359. The summed E-state index contributed by atoms with van der Waals surface area (Å²) in [6.45, 7) is 4.84. The minimum Gasteiger partial charge on any atom is -0.550 e. The molecule has 1 atom stereocenters. The van der Waals surface area contributed by atoms with Gasteiger partial charge in [0.1, 0.15) is 11.8 Å². The second-order valence-electron chi connectivity index (χ2n) is 4.55. The molecule has 0 saturated carbocycles. The SMILES string of the molecule is CC(C)COc1ccc([C@@H]([NH3+])CC(=O)[O-])cc1. The van der Waals surface area contributed by atoms with Crippen molar-refractivity contribution in [3.8, 4) is 5.75 Å². The van der Waals surface area contributed by atoms with Crippen molar-refractivity contribution in [2.75, 3.05) is 6.61 Å². The van der Waals surface area contributed by atoms with Crippen molar-refractivity contribution < 1.29 is 20.4 Å². The van der Waals surface area contributed by atoms with E-state index in [1.165, 1.54) is 0 Å². The van der Waals surface area contributed by atoms with Crippen LogP contribution in [0.3, 0.4) is 0 Å². The van der Waals surface area contributed by atoms with Crippen molar-refractivity contribution in [2.24, 2.45) is 5.92 Å². The molecule has 0 saturated heterocycles. The van der Waals surface area contributed by atoms with Crippen LogP contribution in [0.5, 0.6) is 5.75 Å². The zero-order chi connectivity index (χ0) is 12.8. The largest absolute Gasteiger partial charge is 0.550 e. The molecule has 3 N–H and O–H groups in total. The quantitative estimate of drug-likeness (QED) is 0.764. The Morgan fingerprint density at radius 2 is 1.94 bits per heavy atom. The van der Waals surface area contributed by atoms with Crippen LogP contribution < -0.4 is 15.6 Å². The first-order chi connectivity index (χ1) is 7.99. The van der Waals surface area contributed by atoms with Gasteiger partial charge >= 0.3 is 0 Å². The minimum absolute atomic E-state index is 0.0633. The van der Waals surface area contributed by atoms with Gasteiger partial charge in [-0.15, -0.1) is 0 Å². The van der Waals surface area contributed by atoms with Crippen molar-refractivity contribution in [1.29, 1.82) is 0 Å². The molecule has 17 heavy (non-hydrogen) atoms. The van der Waals surface area contributed by atoms with Crippen LogP contribution in [-0.2, 0) is 4.79 Å². The highest BCUT2D eigenvalue weighted by atomic mass is 16.5. The van der Waals surface area contributed by atoms with Gasteiger partial charge in [-0.2, -0.15) is 0 Å². The molecule has 1 aromatic carbocycles. The molecule has 94 valence electrons. The number of hydrogen-bond donors (Lipinski definition) is 1. The summed E-state index contributed by atoms with van der Waals surface area (Å²) in [6, 6.07) is 7.09. The van der Waals surface area contributed by atoms with Crippen LogP contribution in [0.15, 0.2) is 24.3 Å². The molecule has 0 unspecified atom stereocenters. The number of ether oxygens (including phenoxy) is 1. The first-order valence-electron chi connectivity index (χ1n) is 5.74.